The molecule has 90 valence electrons. The van der Waals surface area contributed by atoms with Crippen molar-refractivity contribution in [3.05, 3.63) is 10.7 Å². The summed E-state index contributed by atoms with van der Waals surface area (Å²) < 4.78 is 27.0. The number of rotatable bonds is 3. The van der Waals surface area contributed by atoms with Gasteiger partial charge in [0.2, 0.25) is 0 Å². The number of halogens is 1. The molecular weight excluding hydrogens is 288 g/mol. The zero-order valence-corrected chi connectivity index (χ0v) is 11.6. The number of nitrogens with one attached hydrogen (secondary N) is 1. The normalized spacial score (nSPS) is 18.8. The molecule has 0 spiro atoms. The molecule has 1 N–H and O–H groups in total. The molecule has 0 amide bonds. The van der Waals surface area contributed by atoms with Gasteiger partial charge in [0, 0.05) is 6.04 Å². The highest BCUT2D eigenvalue weighted by Crippen LogP contribution is 2.24. The van der Waals surface area contributed by atoms with Crippen LogP contribution in [-0.4, -0.2) is 30.9 Å². The average Bonchev–Trinajstić information content (AvgIpc) is 2.66. The van der Waals surface area contributed by atoms with Crippen LogP contribution >= 0.6 is 34.7 Å². The highest BCUT2D eigenvalue weighted by molar-refractivity contribution is 7.99. The van der Waals surface area contributed by atoms with Crippen LogP contribution in [0, 0.1) is 0 Å². The number of nitrogens with zero attached hydrogens (tertiary/aromatic N) is 1. The maximum atomic E-state index is 11.9. The minimum atomic E-state index is -3.43. The molecule has 2 heterocycles. The summed E-state index contributed by atoms with van der Waals surface area (Å²) >= 11 is 8.46. The molecule has 1 aromatic heterocycles. The molecule has 0 atom stereocenters. The summed E-state index contributed by atoms with van der Waals surface area (Å²) in [7, 11) is -3.43. The van der Waals surface area contributed by atoms with E-state index in [0.29, 0.717) is 0 Å². The second-order valence-corrected chi connectivity index (χ2v) is 8.22. The van der Waals surface area contributed by atoms with Crippen LogP contribution in [0.3, 0.4) is 0 Å². The second-order valence-electron chi connectivity index (χ2n) is 3.44. The van der Waals surface area contributed by atoms with Gasteiger partial charge in [-0.25, -0.2) is 18.1 Å². The lowest BCUT2D eigenvalue weighted by atomic mass is 10.2. The van der Waals surface area contributed by atoms with Crippen LogP contribution in [0.5, 0.6) is 0 Å². The second kappa shape index (κ2) is 5.22. The zero-order chi connectivity index (χ0) is 11.6. The summed E-state index contributed by atoms with van der Waals surface area (Å²) in [5.41, 5.74) is 0. The first-order valence-corrected chi connectivity index (χ1v) is 8.62. The molecule has 16 heavy (non-hydrogen) atoms. The van der Waals surface area contributed by atoms with Crippen molar-refractivity contribution in [2.24, 2.45) is 0 Å². The SMILES string of the molecule is O=S(=O)(NC1CCSCC1)c1cnc(Cl)s1. The minimum Gasteiger partial charge on any atom is -0.232 e. The molecule has 1 saturated heterocycles. The molecule has 1 aliphatic rings. The molecule has 0 aliphatic carbocycles. The Morgan fingerprint density at radius 2 is 2.12 bits per heavy atom. The lowest BCUT2D eigenvalue weighted by molar-refractivity contribution is 0.530. The summed E-state index contributed by atoms with van der Waals surface area (Å²) in [6.07, 6.45) is 3.07. The number of hydrogen-bond acceptors (Lipinski definition) is 5. The molecule has 0 radical (unpaired) electrons. The van der Waals surface area contributed by atoms with Crippen molar-refractivity contribution in [2.45, 2.75) is 23.1 Å². The van der Waals surface area contributed by atoms with Crippen molar-refractivity contribution in [1.82, 2.24) is 9.71 Å². The Morgan fingerprint density at radius 3 is 2.69 bits per heavy atom. The number of aromatic nitrogens is 1. The van der Waals surface area contributed by atoms with E-state index in [-0.39, 0.29) is 14.7 Å². The molecule has 1 aromatic rings. The van der Waals surface area contributed by atoms with Gasteiger partial charge < -0.3 is 0 Å². The van der Waals surface area contributed by atoms with Crippen LogP contribution in [0.25, 0.3) is 0 Å². The molecule has 0 saturated carbocycles. The first-order valence-electron chi connectivity index (χ1n) is 4.79. The maximum Gasteiger partial charge on any atom is 0.251 e. The van der Waals surface area contributed by atoms with Crippen LogP contribution in [0.4, 0.5) is 0 Å². The van der Waals surface area contributed by atoms with E-state index in [0.717, 1.165) is 35.7 Å². The van der Waals surface area contributed by atoms with Gasteiger partial charge in [-0.3, -0.25) is 0 Å². The lowest BCUT2D eigenvalue weighted by Crippen LogP contribution is -2.36. The summed E-state index contributed by atoms with van der Waals surface area (Å²) in [6.45, 7) is 0. The van der Waals surface area contributed by atoms with Gasteiger partial charge in [-0.05, 0) is 24.3 Å². The largest absolute Gasteiger partial charge is 0.251 e. The van der Waals surface area contributed by atoms with Gasteiger partial charge >= 0.3 is 0 Å². The van der Waals surface area contributed by atoms with E-state index in [1.807, 2.05) is 11.8 Å². The first kappa shape index (κ1) is 12.6. The molecular formula is C8H11ClN2O2S3. The van der Waals surface area contributed by atoms with Crippen molar-refractivity contribution >= 4 is 44.7 Å². The fourth-order valence-corrected chi connectivity index (χ4v) is 5.18. The first-order chi connectivity index (χ1) is 7.58. The third kappa shape index (κ3) is 3.10. The Hall–Kier alpha value is 0.180. The van der Waals surface area contributed by atoms with Gasteiger partial charge in [-0.2, -0.15) is 11.8 Å². The minimum absolute atomic E-state index is 0.0483. The Bertz CT molecular complexity index is 454. The Kier molecular flexibility index (Phi) is 4.12. The van der Waals surface area contributed by atoms with Crippen molar-refractivity contribution < 1.29 is 8.42 Å². The molecule has 1 fully saturated rings. The topological polar surface area (TPSA) is 59.1 Å². The molecule has 4 nitrogen and oxygen atoms in total. The fraction of sp³-hybridized carbons (Fsp3) is 0.625. The monoisotopic (exact) mass is 298 g/mol. The average molecular weight is 299 g/mol. The van der Waals surface area contributed by atoms with Crippen LogP contribution in [0.2, 0.25) is 4.47 Å². The Morgan fingerprint density at radius 1 is 1.44 bits per heavy atom. The van der Waals surface area contributed by atoms with Crippen LogP contribution in [0.1, 0.15) is 12.8 Å². The standard InChI is InChI=1S/C8H11ClN2O2S3/c9-8-10-5-7(15-8)16(12,13)11-6-1-3-14-4-2-6/h5-6,11H,1-4H2. The summed E-state index contributed by atoms with van der Waals surface area (Å²) in [5, 5.41) is 0. The molecule has 1 aliphatic heterocycles. The highest BCUT2D eigenvalue weighted by atomic mass is 35.5. The predicted octanol–water partition coefficient (Wildman–Crippen LogP) is 1.97. The summed E-state index contributed by atoms with van der Waals surface area (Å²) in [5.74, 6) is 2.02. The van der Waals surface area contributed by atoms with E-state index in [1.165, 1.54) is 6.20 Å². The fourth-order valence-electron chi connectivity index (χ4n) is 1.46. The predicted molar refractivity (Wildman–Crippen MR) is 67.8 cm³/mol. The van der Waals surface area contributed by atoms with E-state index in [2.05, 4.69) is 9.71 Å². The molecule has 2 rings (SSSR count). The Balaban J connectivity index is 2.07. The van der Waals surface area contributed by atoms with Crippen molar-refractivity contribution in [2.75, 3.05) is 11.5 Å². The van der Waals surface area contributed by atoms with Gasteiger partial charge in [0.1, 0.15) is 0 Å². The van der Waals surface area contributed by atoms with E-state index in [9.17, 15) is 8.42 Å². The van der Waals surface area contributed by atoms with E-state index in [4.69, 9.17) is 11.6 Å². The van der Waals surface area contributed by atoms with Crippen molar-refractivity contribution in [3.8, 4) is 0 Å². The Labute approximate surface area is 108 Å². The molecule has 0 bridgehead atoms. The molecule has 8 heteroatoms. The van der Waals surface area contributed by atoms with E-state index >= 15 is 0 Å². The molecule has 0 unspecified atom stereocenters. The zero-order valence-electron chi connectivity index (χ0n) is 8.35. The van der Waals surface area contributed by atoms with E-state index in [1.54, 1.807) is 0 Å². The van der Waals surface area contributed by atoms with Crippen molar-refractivity contribution in [1.29, 1.82) is 0 Å². The quantitative estimate of drug-likeness (QED) is 0.927. The summed E-state index contributed by atoms with van der Waals surface area (Å²) in [4.78, 5) is 3.74. The number of hydrogen-bond donors (Lipinski definition) is 1. The third-order valence-electron chi connectivity index (χ3n) is 2.26. The van der Waals surface area contributed by atoms with Gasteiger partial charge in [0.05, 0.1) is 6.20 Å². The van der Waals surface area contributed by atoms with Gasteiger partial charge in [-0.1, -0.05) is 22.9 Å². The lowest BCUT2D eigenvalue weighted by Gasteiger charge is -2.21. The van der Waals surface area contributed by atoms with Crippen LogP contribution in [-0.2, 0) is 10.0 Å². The van der Waals surface area contributed by atoms with Gasteiger partial charge in [0.15, 0.2) is 8.68 Å². The number of sulfonamides is 1. The van der Waals surface area contributed by atoms with Crippen LogP contribution < -0.4 is 4.72 Å². The highest BCUT2D eigenvalue weighted by Gasteiger charge is 2.23. The van der Waals surface area contributed by atoms with E-state index < -0.39 is 10.0 Å². The van der Waals surface area contributed by atoms with Crippen molar-refractivity contribution in [3.63, 3.8) is 0 Å². The van der Waals surface area contributed by atoms with Gasteiger partial charge in [-0.15, -0.1) is 0 Å². The van der Waals surface area contributed by atoms with Gasteiger partial charge in [0.25, 0.3) is 10.0 Å². The number of thioether (sulfide) groups is 1. The molecule has 0 aromatic carbocycles. The number of thiazole rings is 1. The third-order valence-corrected chi connectivity index (χ3v) is 6.41. The smallest absolute Gasteiger partial charge is 0.232 e. The summed E-state index contributed by atoms with van der Waals surface area (Å²) in [6, 6.07) is 0.0483. The maximum absolute atomic E-state index is 11.9. The van der Waals surface area contributed by atoms with Crippen LogP contribution in [0.15, 0.2) is 10.4 Å².